The first-order valence-corrected chi connectivity index (χ1v) is 13.5. The molecule has 1 saturated carbocycles. The highest BCUT2D eigenvalue weighted by Crippen LogP contribution is 2.39. The monoisotopic (exact) mass is 503 g/mol. The number of hydrogen-bond donors (Lipinski definition) is 0. The Labute approximate surface area is 216 Å². The van der Waals surface area contributed by atoms with Gasteiger partial charge in [0.15, 0.2) is 0 Å². The summed E-state index contributed by atoms with van der Waals surface area (Å²) in [6.07, 6.45) is 10.4. The summed E-state index contributed by atoms with van der Waals surface area (Å²) in [5, 5.41) is 4.92. The molecule has 1 amide bonds. The van der Waals surface area contributed by atoms with Gasteiger partial charge in [0.2, 0.25) is 0 Å². The molecule has 1 aliphatic heterocycles. The normalized spacial score (nSPS) is 17.6. The van der Waals surface area contributed by atoms with Crippen molar-refractivity contribution < 1.29 is 9.53 Å². The zero-order chi connectivity index (χ0) is 24.2. The van der Waals surface area contributed by atoms with Gasteiger partial charge in [0.1, 0.15) is 15.8 Å². The molecule has 180 valence electrons. The standard InChI is InChI=1S/C28H29N3O2S2/c1-2-3-16-33-24-15-9-10-20(17-24)26-21(19-30(29-26)22-11-5-4-6-12-22)18-25-27(32)31(28(34)35-25)23-13-7-8-14-23/h4-6,9-12,15,17-19,23H,2-3,7-8,13-14,16H2,1H3. The maximum Gasteiger partial charge on any atom is 0.266 e. The van der Waals surface area contributed by atoms with Crippen LogP contribution in [0.4, 0.5) is 0 Å². The van der Waals surface area contributed by atoms with Gasteiger partial charge in [0.05, 0.1) is 17.2 Å². The van der Waals surface area contributed by atoms with Crippen molar-refractivity contribution in [3.63, 3.8) is 0 Å². The predicted octanol–water partition coefficient (Wildman–Crippen LogP) is 6.86. The molecular weight excluding hydrogens is 474 g/mol. The summed E-state index contributed by atoms with van der Waals surface area (Å²) >= 11 is 7.01. The van der Waals surface area contributed by atoms with Crippen LogP contribution in [0, 0.1) is 0 Å². The van der Waals surface area contributed by atoms with Crippen molar-refractivity contribution in [2.45, 2.75) is 51.5 Å². The summed E-state index contributed by atoms with van der Waals surface area (Å²) in [5.74, 6) is 0.839. The highest BCUT2D eigenvalue weighted by atomic mass is 32.2. The third-order valence-corrected chi connectivity index (χ3v) is 7.77. The number of nitrogens with zero attached hydrogens (tertiary/aromatic N) is 3. The lowest BCUT2D eigenvalue weighted by atomic mass is 10.1. The molecule has 2 fully saturated rings. The Kier molecular flexibility index (Phi) is 7.35. The molecule has 0 atom stereocenters. The SMILES string of the molecule is CCCCOc1cccc(-c2nn(-c3ccccc3)cc2C=C2SC(=S)N(C3CCCC3)C2=O)c1. The van der Waals surface area contributed by atoms with E-state index in [4.69, 9.17) is 22.1 Å². The zero-order valence-electron chi connectivity index (χ0n) is 19.9. The number of benzene rings is 2. The lowest BCUT2D eigenvalue weighted by Gasteiger charge is -2.21. The van der Waals surface area contributed by atoms with Crippen molar-refractivity contribution in [3.8, 4) is 22.7 Å². The molecule has 3 aromatic rings. The van der Waals surface area contributed by atoms with E-state index in [0.717, 1.165) is 66.8 Å². The van der Waals surface area contributed by atoms with Gasteiger partial charge in [-0.25, -0.2) is 4.68 Å². The van der Waals surface area contributed by atoms with E-state index in [1.54, 1.807) is 0 Å². The number of aromatic nitrogens is 2. The van der Waals surface area contributed by atoms with Crippen LogP contribution < -0.4 is 4.74 Å². The number of thiocarbonyl (C=S) groups is 1. The van der Waals surface area contributed by atoms with E-state index in [-0.39, 0.29) is 11.9 Å². The van der Waals surface area contributed by atoms with Gasteiger partial charge in [-0.3, -0.25) is 9.69 Å². The van der Waals surface area contributed by atoms with Crippen LogP contribution in [0.2, 0.25) is 0 Å². The average molecular weight is 504 g/mol. The second kappa shape index (κ2) is 10.8. The maximum atomic E-state index is 13.3. The van der Waals surface area contributed by atoms with Crippen LogP contribution >= 0.6 is 24.0 Å². The van der Waals surface area contributed by atoms with Crippen molar-refractivity contribution >= 4 is 40.3 Å². The number of hydrogen-bond acceptors (Lipinski definition) is 5. The molecule has 1 saturated heterocycles. The molecule has 0 unspecified atom stereocenters. The number of rotatable bonds is 8. The highest BCUT2D eigenvalue weighted by Gasteiger charge is 2.38. The molecule has 7 heteroatoms. The summed E-state index contributed by atoms with van der Waals surface area (Å²) in [4.78, 5) is 15.8. The molecule has 2 aromatic carbocycles. The van der Waals surface area contributed by atoms with Crippen LogP contribution in [0.25, 0.3) is 23.0 Å². The van der Waals surface area contributed by atoms with Crippen LogP contribution in [0.15, 0.2) is 65.7 Å². The summed E-state index contributed by atoms with van der Waals surface area (Å²) in [6, 6.07) is 18.3. The number of thioether (sulfide) groups is 1. The molecule has 0 bridgehead atoms. The third-order valence-electron chi connectivity index (χ3n) is 6.44. The van der Waals surface area contributed by atoms with Gasteiger partial charge in [-0.2, -0.15) is 5.10 Å². The van der Waals surface area contributed by atoms with Crippen LogP contribution in [0.3, 0.4) is 0 Å². The minimum absolute atomic E-state index is 0.0157. The summed E-state index contributed by atoms with van der Waals surface area (Å²) < 4.78 is 8.47. The predicted molar refractivity (Wildman–Crippen MR) is 147 cm³/mol. The fourth-order valence-electron chi connectivity index (χ4n) is 4.60. The van der Waals surface area contributed by atoms with E-state index in [9.17, 15) is 4.79 Å². The van der Waals surface area contributed by atoms with Crippen LogP contribution in [-0.4, -0.2) is 37.6 Å². The second-order valence-electron chi connectivity index (χ2n) is 8.93. The molecule has 5 nitrogen and oxygen atoms in total. The minimum atomic E-state index is 0.0157. The third kappa shape index (κ3) is 5.21. The van der Waals surface area contributed by atoms with Crippen molar-refractivity contribution in [2.24, 2.45) is 0 Å². The molecule has 35 heavy (non-hydrogen) atoms. The van der Waals surface area contributed by atoms with Crippen molar-refractivity contribution in [2.75, 3.05) is 6.61 Å². The van der Waals surface area contributed by atoms with Crippen LogP contribution in [0.1, 0.15) is 51.0 Å². The number of para-hydroxylation sites is 1. The van der Waals surface area contributed by atoms with Gasteiger partial charge < -0.3 is 4.74 Å². The second-order valence-corrected chi connectivity index (χ2v) is 10.6. The van der Waals surface area contributed by atoms with E-state index >= 15 is 0 Å². The Morgan fingerprint density at radius 3 is 2.71 bits per heavy atom. The number of carbonyl (C=O) groups excluding carboxylic acids is 1. The fourth-order valence-corrected chi connectivity index (χ4v) is 5.99. The number of carbonyl (C=O) groups is 1. The molecule has 1 aliphatic carbocycles. The molecule has 0 spiro atoms. The summed E-state index contributed by atoms with van der Waals surface area (Å²) in [6.45, 7) is 2.84. The quantitative estimate of drug-likeness (QED) is 0.191. The molecule has 0 radical (unpaired) electrons. The van der Waals surface area contributed by atoms with Gasteiger partial charge >= 0.3 is 0 Å². The Hall–Kier alpha value is -2.90. The van der Waals surface area contributed by atoms with Gasteiger partial charge in [0.25, 0.3) is 5.91 Å². The number of ether oxygens (including phenoxy) is 1. The Bertz CT molecular complexity index is 1250. The van der Waals surface area contributed by atoms with E-state index in [1.165, 1.54) is 11.8 Å². The molecule has 1 aromatic heterocycles. The first kappa shape index (κ1) is 23.8. The van der Waals surface area contributed by atoms with Crippen molar-refractivity contribution in [1.82, 2.24) is 14.7 Å². The lowest BCUT2D eigenvalue weighted by Crippen LogP contribution is -2.36. The minimum Gasteiger partial charge on any atom is -0.494 e. The average Bonchev–Trinajstić information content (AvgIpc) is 3.60. The lowest BCUT2D eigenvalue weighted by molar-refractivity contribution is -0.123. The fraction of sp³-hybridized carbons (Fsp3) is 0.321. The van der Waals surface area contributed by atoms with Crippen LogP contribution in [-0.2, 0) is 4.79 Å². The Morgan fingerprint density at radius 1 is 1.14 bits per heavy atom. The number of amides is 1. The van der Waals surface area contributed by atoms with Crippen molar-refractivity contribution in [1.29, 1.82) is 0 Å². The van der Waals surface area contributed by atoms with E-state index in [2.05, 4.69) is 6.92 Å². The maximum absolute atomic E-state index is 13.3. The van der Waals surface area contributed by atoms with Crippen molar-refractivity contribution in [3.05, 3.63) is 71.3 Å². The first-order chi connectivity index (χ1) is 17.1. The Balaban J connectivity index is 1.52. The Morgan fingerprint density at radius 2 is 1.94 bits per heavy atom. The number of unbranched alkanes of at least 4 members (excludes halogenated alkanes) is 1. The zero-order valence-corrected chi connectivity index (χ0v) is 21.5. The van der Waals surface area contributed by atoms with E-state index in [1.807, 2.05) is 76.5 Å². The van der Waals surface area contributed by atoms with Gasteiger partial charge in [-0.05, 0) is 49.6 Å². The molecule has 2 heterocycles. The summed E-state index contributed by atoms with van der Waals surface area (Å²) in [7, 11) is 0. The van der Waals surface area contributed by atoms with E-state index in [0.29, 0.717) is 15.8 Å². The van der Waals surface area contributed by atoms with Crippen LogP contribution in [0.5, 0.6) is 5.75 Å². The van der Waals surface area contributed by atoms with Gasteiger partial charge in [-0.15, -0.1) is 0 Å². The molecule has 0 N–H and O–H groups in total. The highest BCUT2D eigenvalue weighted by molar-refractivity contribution is 8.26. The van der Waals surface area contributed by atoms with E-state index < -0.39 is 0 Å². The molecular formula is C28H29N3O2S2. The smallest absolute Gasteiger partial charge is 0.266 e. The molecule has 5 rings (SSSR count). The van der Waals surface area contributed by atoms with Gasteiger partial charge in [-0.1, -0.05) is 80.5 Å². The topological polar surface area (TPSA) is 47.4 Å². The van der Waals surface area contributed by atoms with Gasteiger partial charge in [0, 0.05) is 23.4 Å². The largest absolute Gasteiger partial charge is 0.494 e. The summed E-state index contributed by atoms with van der Waals surface area (Å²) in [5.41, 5.74) is 3.60. The molecule has 2 aliphatic rings. The first-order valence-electron chi connectivity index (χ1n) is 12.3.